The molecule has 2 aromatic rings. The summed E-state index contributed by atoms with van der Waals surface area (Å²) in [6.07, 6.45) is 1.82. The number of hydrogen-bond donors (Lipinski definition) is 2. The van der Waals surface area contributed by atoms with Gasteiger partial charge in [-0.25, -0.2) is 14.6 Å². The van der Waals surface area contributed by atoms with Crippen molar-refractivity contribution in [1.82, 2.24) is 20.5 Å². The maximum atomic E-state index is 14.7. The Balaban J connectivity index is 1.29. The van der Waals surface area contributed by atoms with Crippen molar-refractivity contribution in [3.8, 4) is 17.4 Å². The third-order valence-corrected chi connectivity index (χ3v) is 11.9. The molecule has 3 saturated carbocycles. The number of hydrogen-bond acceptors (Lipinski definition) is 12. The van der Waals surface area contributed by atoms with E-state index in [0.29, 0.717) is 53.7 Å². The second kappa shape index (κ2) is 16.8. The molecule has 3 amide bonds. The largest absolute Gasteiger partial charge is 0.488 e. The number of nitrogens with one attached hydrogen (secondary N) is 2. The van der Waals surface area contributed by atoms with Crippen LogP contribution in [0.4, 0.5) is 4.79 Å². The SMILES string of the molecule is CCOc1cc(O[C@@H]2C[C@@H](C(=O)N[C@]3(C(=O)OC)C[C@H]3CC)N(C(=O)[C@@H](NC(=O)O[C@@H]3C[C@@H]4C[C@@H]4C3)C(C)(C)C)C2)c2ccc(OCC(OC)OC)c(Cl)c2n1. The number of benzene rings is 1. The highest BCUT2D eigenvalue weighted by Crippen LogP contribution is 2.52. The van der Waals surface area contributed by atoms with Crippen LogP contribution in [-0.2, 0) is 33.3 Å². The zero-order valence-electron chi connectivity index (χ0n) is 33.5. The Kier molecular flexibility index (Phi) is 12.5. The number of carbonyl (C=O) groups is 4. The number of methoxy groups -OCH3 is 3. The molecule has 308 valence electrons. The molecule has 1 aromatic carbocycles. The third-order valence-electron chi connectivity index (χ3n) is 11.5. The van der Waals surface area contributed by atoms with E-state index in [-0.39, 0.29) is 42.5 Å². The minimum absolute atomic E-state index is 0.00716. The molecule has 0 bridgehead atoms. The number of likely N-dealkylation sites (tertiary alicyclic amines) is 1. The number of amides is 3. The van der Waals surface area contributed by atoms with Crippen LogP contribution in [0.3, 0.4) is 0 Å². The molecule has 3 aliphatic carbocycles. The lowest BCUT2D eigenvalue weighted by Gasteiger charge is -2.35. The molecule has 0 unspecified atom stereocenters. The molecule has 2 heterocycles. The minimum atomic E-state index is -1.18. The fraction of sp³-hybridized carbons (Fsp3) is 0.675. The van der Waals surface area contributed by atoms with E-state index in [9.17, 15) is 19.2 Å². The van der Waals surface area contributed by atoms with Crippen molar-refractivity contribution in [2.24, 2.45) is 23.2 Å². The number of pyridine rings is 1. The predicted octanol–water partition coefficient (Wildman–Crippen LogP) is 5.03. The standard InChI is InChI=1S/C40H55ClN4O11/c1-9-23-18-40(23,37(48)52-8)44-35(46)27-16-25(19-45(27)36(47)34(39(3,4)5)43-38(49)56-24-14-21-13-22(21)15-24)55-29-17-30(53-10-2)42-33-26(29)11-12-28(32(33)41)54-20-31(50-6)51-7/h11-12,17,21-25,27,31,34H,9-10,13-16,18-20H2,1-8H3,(H,43,49)(H,44,46)/t21-,22+,23-,24+,25-,27+,34-,40-/m1/s1. The molecular formula is C40H55ClN4O11. The summed E-state index contributed by atoms with van der Waals surface area (Å²) in [5, 5.41) is 6.54. The monoisotopic (exact) mass is 802 g/mol. The van der Waals surface area contributed by atoms with Gasteiger partial charge in [-0.1, -0.05) is 45.7 Å². The Morgan fingerprint density at radius 3 is 2.30 bits per heavy atom. The van der Waals surface area contributed by atoms with Crippen molar-refractivity contribution in [3.05, 3.63) is 23.2 Å². The van der Waals surface area contributed by atoms with Gasteiger partial charge in [0.15, 0.2) is 6.29 Å². The molecule has 0 spiro atoms. The number of carbonyl (C=O) groups excluding carboxylic acids is 4. The highest BCUT2D eigenvalue weighted by Gasteiger charge is 2.62. The molecule has 0 radical (unpaired) electrons. The van der Waals surface area contributed by atoms with Crippen LogP contribution in [0.1, 0.15) is 73.1 Å². The first-order chi connectivity index (χ1) is 26.7. The Labute approximate surface area is 332 Å². The van der Waals surface area contributed by atoms with E-state index in [2.05, 4.69) is 15.6 Å². The second-order valence-electron chi connectivity index (χ2n) is 16.3. The number of rotatable bonds is 16. The van der Waals surface area contributed by atoms with Crippen LogP contribution in [0.15, 0.2) is 18.2 Å². The van der Waals surface area contributed by atoms with Gasteiger partial charge in [-0.15, -0.1) is 0 Å². The molecule has 8 atom stereocenters. The van der Waals surface area contributed by atoms with E-state index >= 15 is 0 Å². The molecule has 16 heteroatoms. The van der Waals surface area contributed by atoms with Crippen molar-refractivity contribution in [3.63, 3.8) is 0 Å². The number of nitrogens with zero attached hydrogens (tertiary/aromatic N) is 2. The van der Waals surface area contributed by atoms with Crippen LogP contribution >= 0.6 is 11.6 Å². The smallest absolute Gasteiger partial charge is 0.408 e. The van der Waals surface area contributed by atoms with Crippen molar-refractivity contribution < 1.29 is 52.3 Å². The van der Waals surface area contributed by atoms with Gasteiger partial charge in [0, 0.05) is 32.1 Å². The summed E-state index contributed by atoms with van der Waals surface area (Å²) in [5.74, 6) is 0.535. The summed E-state index contributed by atoms with van der Waals surface area (Å²) in [6, 6.07) is 2.98. The summed E-state index contributed by atoms with van der Waals surface area (Å²) >= 11 is 6.84. The molecule has 6 rings (SSSR count). The van der Waals surface area contributed by atoms with Crippen LogP contribution in [0.25, 0.3) is 10.9 Å². The molecule has 1 aliphatic heterocycles. The highest BCUT2D eigenvalue weighted by molar-refractivity contribution is 6.36. The molecule has 15 nitrogen and oxygen atoms in total. The van der Waals surface area contributed by atoms with E-state index < -0.39 is 59.3 Å². The van der Waals surface area contributed by atoms with Gasteiger partial charge in [0.1, 0.15) is 58.5 Å². The van der Waals surface area contributed by atoms with Crippen LogP contribution < -0.4 is 24.8 Å². The second-order valence-corrected chi connectivity index (χ2v) is 16.7. The van der Waals surface area contributed by atoms with Gasteiger partial charge < -0.3 is 48.7 Å². The summed E-state index contributed by atoms with van der Waals surface area (Å²) in [7, 11) is 4.29. The Hall–Kier alpha value is -4.08. The molecular weight excluding hydrogens is 748 g/mol. The highest BCUT2D eigenvalue weighted by atomic mass is 35.5. The number of ether oxygens (including phenoxy) is 7. The van der Waals surface area contributed by atoms with E-state index in [1.807, 2.05) is 34.6 Å². The van der Waals surface area contributed by atoms with Crippen molar-refractivity contribution in [2.75, 3.05) is 41.1 Å². The summed E-state index contributed by atoms with van der Waals surface area (Å²) in [6.45, 7) is 9.66. The zero-order valence-corrected chi connectivity index (χ0v) is 34.2. The quantitative estimate of drug-likeness (QED) is 0.172. The van der Waals surface area contributed by atoms with Gasteiger partial charge in [0.25, 0.3) is 0 Å². The van der Waals surface area contributed by atoms with Gasteiger partial charge in [0.05, 0.1) is 20.3 Å². The number of alkyl carbamates (subject to hydrolysis) is 1. The molecule has 2 N–H and O–H groups in total. The maximum Gasteiger partial charge on any atom is 0.408 e. The van der Waals surface area contributed by atoms with E-state index in [4.69, 9.17) is 44.8 Å². The van der Waals surface area contributed by atoms with Crippen LogP contribution in [-0.4, -0.2) is 111 Å². The number of esters is 1. The van der Waals surface area contributed by atoms with Crippen LogP contribution in [0.2, 0.25) is 5.02 Å². The Bertz CT molecular complexity index is 1790. The lowest BCUT2D eigenvalue weighted by atomic mass is 9.85. The summed E-state index contributed by atoms with van der Waals surface area (Å²) in [5.41, 5.74) is -1.59. The lowest BCUT2D eigenvalue weighted by molar-refractivity contribution is -0.148. The fourth-order valence-electron chi connectivity index (χ4n) is 8.20. The molecule has 56 heavy (non-hydrogen) atoms. The molecule has 4 fully saturated rings. The van der Waals surface area contributed by atoms with Crippen LogP contribution in [0, 0.1) is 23.2 Å². The molecule has 4 aliphatic rings. The van der Waals surface area contributed by atoms with Crippen molar-refractivity contribution >= 4 is 46.4 Å². The topological polar surface area (TPSA) is 173 Å². The van der Waals surface area contributed by atoms with E-state index in [1.165, 1.54) is 32.7 Å². The Morgan fingerprint density at radius 1 is 0.982 bits per heavy atom. The normalized spacial score (nSPS) is 27.0. The van der Waals surface area contributed by atoms with Crippen molar-refractivity contribution in [2.45, 2.75) is 109 Å². The van der Waals surface area contributed by atoms with Gasteiger partial charge in [-0.3, -0.25) is 9.59 Å². The van der Waals surface area contributed by atoms with Crippen molar-refractivity contribution in [1.29, 1.82) is 0 Å². The molecule has 1 aromatic heterocycles. The molecule has 1 saturated heterocycles. The fourth-order valence-corrected chi connectivity index (χ4v) is 8.46. The van der Waals surface area contributed by atoms with E-state index in [1.54, 1.807) is 18.2 Å². The Morgan fingerprint density at radius 2 is 1.70 bits per heavy atom. The van der Waals surface area contributed by atoms with E-state index in [0.717, 1.165) is 12.8 Å². The van der Waals surface area contributed by atoms with Gasteiger partial charge in [-0.2, -0.15) is 0 Å². The first-order valence-electron chi connectivity index (χ1n) is 19.4. The average molecular weight is 803 g/mol. The van der Waals surface area contributed by atoms with Gasteiger partial charge >= 0.3 is 12.1 Å². The number of fused-ring (bicyclic) bond motifs is 2. The zero-order chi connectivity index (χ0) is 40.5. The predicted molar refractivity (Wildman–Crippen MR) is 205 cm³/mol. The maximum absolute atomic E-state index is 14.7. The first kappa shape index (κ1) is 41.6. The number of aromatic nitrogens is 1. The van der Waals surface area contributed by atoms with Gasteiger partial charge in [0.2, 0.25) is 17.7 Å². The lowest BCUT2D eigenvalue weighted by Crippen LogP contribution is -2.59. The minimum Gasteiger partial charge on any atom is -0.488 e. The first-order valence-corrected chi connectivity index (χ1v) is 19.8. The summed E-state index contributed by atoms with van der Waals surface area (Å²) in [4.78, 5) is 61.2. The summed E-state index contributed by atoms with van der Waals surface area (Å²) < 4.78 is 39.6. The third kappa shape index (κ3) is 8.74. The number of halogens is 1. The van der Waals surface area contributed by atoms with Gasteiger partial charge in [-0.05, 0) is 67.9 Å². The van der Waals surface area contributed by atoms with Crippen LogP contribution in [0.5, 0.6) is 17.4 Å². The average Bonchev–Trinajstić information content (AvgIpc) is 3.97.